The van der Waals surface area contributed by atoms with Gasteiger partial charge in [0.1, 0.15) is 12.2 Å². The molecule has 0 radical (unpaired) electrons. The van der Waals surface area contributed by atoms with Crippen molar-refractivity contribution >= 4 is 32.9 Å². The van der Waals surface area contributed by atoms with E-state index in [-0.39, 0.29) is 23.7 Å². The maximum absolute atomic E-state index is 12.8. The number of aromatic amines is 1. The molecule has 0 aliphatic rings. The second-order valence-corrected chi connectivity index (χ2v) is 8.09. The Kier molecular flexibility index (Phi) is 8.78. The van der Waals surface area contributed by atoms with Gasteiger partial charge in [0.15, 0.2) is 10.3 Å². The van der Waals surface area contributed by atoms with Crippen molar-refractivity contribution in [3.8, 4) is 0 Å². The summed E-state index contributed by atoms with van der Waals surface area (Å²) in [6.07, 6.45) is 6.93. The topological polar surface area (TPSA) is 102 Å². The van der Waals surface area contributed by atoms with E-state index in [0.717, 1.165) is 18.4 Å². The minimum atomic E-state index is -0.568. The van der Waals surface area contributed by atoms with Gasteiger partial charge in [0.05, 0.1) is 6.61 Å². The van der Waals surface area contributed by atoms with Gasteiger partial charge in [-0.05, 0) is 27.9 Å². The molecule has 0 unspecified atom stereocenters. The highest BCUT2D eigenvalue weighted by Gasteiger charge is 2.15. The van der Waals surface area contributed by atoms with E-state index in [9.17, 15) is 9.59 Å². The summed E-state index contributed by atoms with van der Waals surface area (Å²) >= 11 is 3.31. The number of nitrogens with one attached hydrogen (secondary N) is 2. The Morgan fingerprint density at radius 2 is 1.81 bits per heavy atom. The van der Waals surface area contributed by atoms with E-state index in [4.69, 9.17) is 4.74 Å². The van der Waals surface area contributed by atoms with Crippen LogP contribution >= 0.6 is 15.9 Å². The minimum absolute atomic E-state index is 0.00375. The third-order valence-corrected chi connectivity index (χ3v) is 5.54. The van der Waals surface area contributed by atoms with E-state index in [1.54, 1.807) is 0 Å². The maximum Gasteiger partial charge on any atom is 0.301 e. The van der Waals surface area contributed by atoms with Crippen LogP contribution in [-0.4, -0.2) is 26.1 Å². The number of aromatic nitrogens is 4. The zero-order valence-corrected chi connectivity index (χ0v) is 19.3. The number of unbranched alkanes of at least 4 members (excludes halogenated alkanes) is 5. The highest BCUT2D eigenvalue weighted by atomic mass is 79.9. The van der Waals surface area contributed by atoms with Crippen LogP contribution in [0.5, 0.6) is 0 Å². The van der Waals surface area contributed by atoms with Crippen LogP contribution < -0.4 is 16.4 Å². The van der Waals surface area contributed by atoms with Crippen LogP contribution in [-0.2, 0) is 18.1 Å². The van der Waals surface area contributed by atoms with Crippen LogP contribution in [0.15, 0.2) is 44.7 Å². The van der Waals surface area contributed by atoms with Crippen LogP contribution in [0.1, 0.15) is 51.0 Å². The molecule has 3 rings (SSSR count). The molecule has 0 saturated carbocycles. The number of ether oxygens (including phenoxy) is 1. The van der Waals surface area contributed by atoms with Crippen LogP contribution in [0.2, 0.25) is 0 Å². The predicted molar refractivity (Wildman–Crippen MR) is 125 cm³/mol. The van der Waals surface area contributed by atoms with Crippen molar-refractivity contribution in [1.82, 2.24) is 19.5 Å². The first-order chi connectivity index (χ1) is 15.1. The fourth-order valence-corrected chi connectivity index (χ4v) is 3.75. The van der Waals surface area contributed by atoms with E-state index in [0.29, 0.717) is 17.9 Å². The molecule has 2 heterocycles. The van der Waals surface area contributed by atoms with Crippen molar-refractivity contribution in [3.05, 3.63) is 61.3 Å². The number of hydrogen-bond acceptors (Lipinski definition) is 6. The molecule has 166 valence electrons. The molecule has 0 amide bonds. The van der Waals surface area contributed by atoms with Gasteiger partial charge in [-0.2, -0.15) is 4.98 Å². The lowest BCUT2D eigenvalue weighted by atomic mass is 10.1. The first-order valence-corrected chi connectivity index (χ1v) is 11.5. The van der Waals surface area contributed by atoms with Gasteiger partial charge in [0.25, 0.3) is 5.56 Å². The molecule has 0 atom stereocenters. The lowest BCUT2D eigenvalue weighted by Gasteiger charge is -2.07. The van der Waals surface area contributed by atoms with Gasteiger partial charge in [-0.15, -0.1) is 0 Å². The molecule has 3 aromatic rings. The summed E-state index contributed by atoms with van der Waals surface area (Å²) in [5, 5.41) is 3.05. The van der Waals surface area contributed by atoms with Crippen LogP contribution in [0.3, 0.4) is 0 Å². The average Bonchev–Trinajstić information content (AvgIpc) is 3.04. The zero-order chi connectivity index (χ0) is 22.1. The molecule has 0 fully saturated rings. The number of nitrogens with zero attached hydrogens (tertiary/aromatic N) is 3. The van der Waals surface area contributed by atoms with E-state index < -0.39 is 11.1 Å². The maximum atomic E-state index is 12.8. The van der Waals surface area contributed by atoms with Crippen molar-refractivity contribution in [2.24, 2.45) is 0 Å². The molecular formula is C22H28BrN5O3. The van der Waals surface area contributed by atoms with Crippen molar-refractivity contribution < 1.29 is 4.74 Å². The second-order valence-electron chi connectivity index (χ2n) is 7.38. The molecule has 9 heteroatoms. The first kappa shape index (κ1) is 23.1. The number of fused-ring (bicyclic) bond motifs is 1. The fraction of sp³-hybridized carbons (Fsp3) is 0.455. The highest BCUT2D eigenvalue weighted by molar-refractivity contribution is 9.10. The summed E-state index contributed by atoms with van der Waals surface area (Å²) in [7, 11) is 0. The molecule has 2 N–H and O–H groups in total. The first-order valence-electron chi connectivity index (χ1n) is 10.7. The van der Waals surface area contributed by atoms with Crippen LogP contribution in [0, 0.1) is 0 Å². The second kappa shape index (κ2) is 11.8. The minimum Gasteiger partial charge on any atom is -0.356 e. The molecule has 0 aliphatic carbocycles. The van der Waals surface area contributed by atoms with E-state index in [1.807, 2.05) is 30.3 Å². The Morgan fingerprint density at radius 3 is 2.58 bits per heavy atom. The molecule has 0 saturated heterocycles. The monoisotopic (exact) mass is 489 g/mol. The lowest BCUT2D eigenvalue weighted by molar-refractivity contribution is 0.0650. The number of halogens is 1. The lowest BCUT2D eigenvalue weighted by Crippen LogP contribution is -2.13. The molecule has 0 aliphatic heterocycles. The smallest absolute Gasteiger partial charge is 0.301 e. The van der Waals surface area contributed by atoms with Crippen LogP contribution in [0.25, 0.3) is 11.0 Å². The van der Waals surface area contributed by atoms with Crippen molar-refractivity contribution in [3.63, 3.8) is 0 Å². The quantitative estimate of drug-likeness (QED) is 0.369. The molecule has 2 aromatic heterocycles. The molecule has 8 nitrogen and oxygen atoms in total. The number of benzene rings is 1. The summed E-state index contributed by atoms with van der Waals surface area (Å²) in [4.78, 5) is 36.3. The normalized spacial score (nSPS) is 11.2. The molecule has 0 bridgehead atoms. The van der Waals surface area contributed by atoms with Gasteiger partial charge in [-0.1, -0.05) is 69.4 Å². The Labute approximate surface area is 189 Å². The Hall–Kier alpha value is -2.52. The van der Waals surface area contributed by atoms with Gasteiger partial charge >= 0.3 is 5.56 Å². The third kappa shape index (κ3) is 6.48. The van der Waals surface area contributed by atoms with Gasteiger partial charge in [0.2, 0.25) is 5.95 Å². The summed E-state index contributed by atoms with van der Waals surface area (Å²) in [6, 6.07) is 9.70. The number of imidazole rings is 1. The van der Waals surface area contributed by atoms with E-state index >= 15 is 0 Å². The van der Waals surface area contributed by atoms with E-state index in [2.05, 4.69) is 43.1 Å². The summed E-state index contributed by atoms with van der Waals surface area (Å²) in [5.74, 6) is 0.162. The SMILES string of the molecule is CCCCCCCCNc1nc(=O)c2nc(Br)n(COCc3ccccc3)c2c(=O)[nH]1. The number of hydrogen-bond donors (Lipinski definition) is 2. The van der Waals surface area contributed by atoms with Crippen molar-refractivity contribution in [1.29, 1.82) is 0 Å². The standard InChI is InChI=1S/C22H28BrN5O3/c1-2-3-4-5-6-10-13-24-22-26-19(29)17-18(20(30)27-22)28(21(23)25-17)15-31-14-16-11-8-7-9-12-16/h7-9,11-12H,2-6,10,13-15H2,1H3,(H2,24,26,27,29,30). The third-order valence-electron chi connectivity index (χ3n) is 4.94. The largest absolute Gasteiger partial charge is 0.356 e. The van der Waals surface area contributed by atoms with Gasteiger partial charge in [-0.25, -0.2) is 4.98 Å². The summed E-state index contributed by atoms with van der Waals surface area (Å²) in [6.45, 7) is 3.27. The highest BCUT2D eigenvalue weighted by Crippen LogP contribution is 2.15. The summed E-state index contributed by atoms with van der Waals surface area (Å²) < 4.78 is 7.60. The van der Waals surface area contributed by atoms with Crippen molar-refractivity contribution in [2.75, 3.05) is 11.9 Å². The Morgan fingerprint density at radius 1 is 1.06 bits per heavy atom. The molecular weight excluding hydrogens is 462 g/mol. The van der Waals surface area contributed by atoms with E-state index in [1.165, 1.54) is 30.3 Å². The predicted octanol–water partition coefficient (Wildman–Crippen LogP) is 4.19. The van der Waals surface area contributed by atoms with Gasteiger partial charge in [0, 0.05) is 6.54 Å². The Balaban J connectivity index is 1.70. The molecule has 0 spiro atoms. The Bertz CT molecular complexity index is 1100. The summed E-state index contributed by atoms with van der Waals surface area (Å²) in [5.41, 5.74) is 0.127. The number of anilines is 1. The molecule has 1 aromatic carbocycles. The number of H-pyrrole nitrogens is 1. The van der Waals surface area contributed by atoms with Gasteiger partial charge in [-0.3, -0.25) is 19.1 Å². The number of rotatable bonds is 12. The zero-order valence-electron chi connectivity index (χ0n) is 17.7. The van der Waals surface area contributed by atoms with Crippen molar-refractivity contribution in [2.45, 2.75) is 58.8 Å². The van der Waals surface area contributed by atoms with Gasteiger partial charge < -0.3 is 10.1 Å². The average molecular weight is 490 g/mol. The van der Waals surface area contributed by atoms with Crippen LogP contribution in [0.4, 0.5) is 5.95 Å². The fourth-order valence-electron chi connectivity index (χ4n) is 3.30. The molecule has 31 heavy (non-hydrogen) atoms.